The van der Waals surface area contributed by atoms with Gasteiger partial charge in [-0.25, -0.2) is 4.39 Å². The molecule has 1 N–H and O–H groups in total. The molecule has 0 saturated heterocycles. The van der Waals surface area contributed by atoms with Crippen LogP contribution in [0.15, 0.2) is 30.9 Å². The van der Waals surface area contributed by atoms with Gasteiger partial charge in [0.15, 0.2) is 11.6 Å². The highest BCUT2D eigenvalue weighted by Gasteiger charge is 2.22. The van der Waals surface area contributed by atoms with Gasteiger partial charge in [-0.05, 0) is 18.1 Å². The van der Waals surface area contributed by atoms with Crippen LogP contribution in [0.4, 0.5) is 4.39 Å². The van der Waals surface area contributed by atoms with Crippen LogP contribution in [0, 0.1) is 11.2 Å². The zero-order chi connectivity index (χ0) is 12.2. The third-order valence-electron chi connectivity index (χ3n) is 2.71. The molecule has 0 aliphatic carbocycles. The van der Waals surface area contributed by atoms with Gasteiger partial charge in [-0.2, -0.15) is 0 Å². The van der Waals surface area contributed by atoms with E-state index in [4.69, 9.17) is 4.74 Å². The van der Waals surface area contributed by atoms with E-state index in [2.05, 4.69) is 6.58 Å². The Morgan fingerprint density at radius 3 is 2.75 bits per heavy atom. The zero-order valence-corrected chi connectivity index (χ0v) is 9.66. The summed E-state index contributed by atoms with van der Waals surface area (Å²) >= 11 is 0. The van der Waals surface area contributed by atoms with Crippen LogP contribution in [-0.4, -0.2) is 18.8 Å². The van der Waals surface area contributed by atoms with Crippen molar-refractivity contribution < 1.29 is 14.2 Å². The summed E-state index contributed by atoms with van der Waals surface area (Å²) < 4.78 is 18.7. The molecule has 1 rings (SSSR count). The quantitative estimate of drug-likeness (QED) is 0.779. The van der Waals surface area contributed by atoms with Crippen molar-refractivity contribution in [2.45, 2.75) is 13.3 Å². The lowest BCUT2D eigenvalue weighted by Crippen LogP contribution is -2.21. The van der Waals surface area contributed by atoms with E-state index in [1.54, 1.807) is 24.3 Å². The molecule has 88 valence electrons. The van der Waals surface area contributed by atoms with Crippen molar-refractivity contribution >= 4 is 0 Å². The summed E-state index contributed by atoms with van der Waals surface area (Å²) in [5.41, 5.74) is 0.0171. The average molecular weight is 224 g/mol. The van der Waals surface area contributed by atoms with Crippen LogP contribution in [0.5, 0.6) is 5.75 Å². The highest BCUT2D eigenvalue weighted by Crippen LogP contribution is 2.28. The van der Waals surface area contributed by atoms with Gasteiger partial charge < -0.3 is 9.84 Å². The molecule has 1 atom stereocenters. The number of benzene rings is 1. The number of aliphatic hydroxyl groups excluding tert-OH is 1. The standard InChI is InChI=1S/C13H17FO2/c1-4-13(2,9-15)8-10-6-5-7-11(16-3)12(10)14/h4-7,15H,1,8-9H2,2-3H3. The Balaban J connectivity index is 3.01. The first-order chi connectivity index (χ1) is 7.56. The van der Waals surface area contributed by atoms with Gasteiger partial charge in [-0.3, -0.25) is 0 Å². The molecular formula is C13H17FO2. The van der Waals surface area contributed by atoms with Crippen molar-refractivity contribution in [1.29, 1.82) is 0 Å². The lowest BCUT2D eigenvalue weighted by Gasteiger charge is -2.23. The first-order valence-electron chi connectivity index (χ1n) is 5.12. The van der Waals surface area contributed by atoms with Crippen LogP contribution in [0.25, 0.3) is 0 Å². The predicted octanol–water partition coefficient (Wildman–Crippen LogP) is 2.56. The highest BCUT2D eigenvalue weighted by atomic mass is 19.1. The third-order valence-corrected chi connectivity index (χ3v) is 2.71. The maximum absolute atomic E-state index is 13.8. The lowest BCUT2D eigenvalue weighted by molar-refractivity contribution is 0.183. The van der Waals surface area contributed by atoms with Crippen molar-refractivity contribution in [3.63, 3.8) is 0 Å². The van der Waals surface area contributed by atoms with E-state index in [0.29, 0.717) is 12.0 Å². The molecule has 1 aromatic rings. The van der Waals surface area contributed by atoms with E-state index in [1.807, 2.05) is 6.92 Å². The number of hydrogen-bond acceptors (Lipinski definition) is 2. The molecule has 0 aliphatic heterocycles. The van der Waals surface area contributed by atoms with E-state index in [0.717, 1.165) is 0 Å². The Labute approximate surface area is 95.4 Å². The average Bonchev–Trinajstić information content (AvgIpc) is 2.32. The molecule has 0 fully saturated rings. The fraction of sp³-hybridized carbons (Fsp3) is 0.385. The minimum atomic E-state index is -0.507. The van der Waals surface area contributed by atoms with Crippen molar-refractivity contribution in [2.24, 2.45) is 5.41 Å². The molecule has 16 heavy (non-hydrogen) atoms. The van der Waals surface area contributed by atoms with Crippen molar-refractivity contribution in [3.05, 3.63) is 42.2 Å². The van der Waals surface area contributed by atoms with Crippen LogP contribution < -0.4 is 4.74 Å². The Morgan fingerprint density at radius 1 is 1.56 bits per heavy atom. The summed E-state index contributed by atoms with van der Waals surface area (Å²) in [5, 5.41) is 9.24. The first-order valence-corrected chi connectivity index (χ1v) is 5.12. The number of hydrogen-bond donors (Lipinski definition) is 1. The zero-order valence-electron chi connectivity index (χ0n) is 9.66. The number of aliphatic hydroxyl groups is 1. The highest BCUT2D eigenvalue weighted by molar-refractivity contribution is 5.32. The first kappa shape index (κ1) is 12.7. The van der Waals surface area contributed by atoms with E-state index in [1.165, 1.54) is 7.11 Å². The molecule has 0 bridgehead atoms. The second-order valence-corrected chi connectivity index (χ2v) is 4.13. The van der Waals surface area contributed by atoms with E-state index in [9.17, 15) is 9.50 Å². The number of halogens is 1. The molecule has 0 saturated carbocycles. The molecule has 0 aromatic heterocycles. The van der Waals surface area contributed by atoms with E-state index in [-0.39, 0.29) is 18.2 Å². The van der Waals surface area contributed by atoms with Crippen molar-refractivity contribution in [3.8, 4) is 5.75 Å². The maximum atomic E-state index is 13.8. The molecule has 0 aliphatic rings. The van der Waals surface area contributed by atoms with E-state index >= 15 is 0 Å². The predicted molar refractivity (Wildman–Crippen MR) is 62.0 cm³/mol. The Bertz CT molecular complexity index is 376. The molecule has 0 spiro atoms. The van der Waals surface area contributed by atoms with Gasteiger partial charge in [-0.15, -0.1) is 6.58 Å². The van der Waals surface area contributed by atoms with Gasteiger partial charge in [0, 0.05) is 5.41 Å². The molecule has 1 aromatic carbocycles. The molecule has 3 heteroatoms. The van der Waals surface area contributed by atoms with Crippen LogP contribution in [0.2, 0.25) is 0 Å². The minimum Gasteiger partial charge on any atom is -0.494 e. The Morgan fingerprint density at radius 2 is 2.25 bits per heavy atom. The molecule has 2 nitrogen and oxygen atoms in total. The van der Waals surface area contributed by atoms with Gasteiger partial charge in [0.25, 0.3) is 0 Å². The lowest BCUT2D eigenvalue weighted by atomic mass is 9.84. The van der Waals surface area contributed by atoms with Crippen molar-refractivity contribution in [1.82, 2.24) is 0 Å². The van der Waals surface area contributed by atoms with Crippen LogP contribution in [0.1, 0.15) is 12.5 Å². The molecule has 0 heterocycles. The van der Waals surface area contributed by atoms with Gasteiger partial charge in [0.1, 0.15) is 0 Å². The monoisotopic (exact) mass is 224 g/mol. The third kappa shape index (κ3) is 2.61. The van der Waals surface area contributed by atoms with Gasteiger partial charge in [0.2, 0.25) is 0 Å². The SMILES string of the molecule is C=CC(C)(CO)Cc1cccc(OC)c1F. The van der Waals surface area contributed by atoms with Gasteiger partial charge in [-0.1, -0.05) is 25.1 Å². The summed E-state index contributed by atoms with van der Waals surface area (Å²) in [4.78, 5) is 0. The summed E-state index contributed by atoms with van der Waals surface area (Å²) in [7, 11) is 1.43. The van der Waals surface area contributed by atoms with Gasteiger partial charge in [0.05, 0.1) is 13.7 Å². The number of ether oxygens (including phenoxy) is 1. The molecule has 1 unspecified atom stereocenters. The van der Waals surface area contributed by atoms with Crippen LogP contribution >= 0.6 is 0 Å². The summed E-state index contributed by atoms with van der Waals surface area (Å²) in [5.74, 6) is -0.145. The Hall–Kier alpha value is -1.35. The number of rotatable bonds is 5. The second-order valence-electron chi connectivity index (χ2n) is 4.13. The molecule has 0 radical (unpaired) electrons. The molecule has 0 amide bonds. The van der Waals surface area contributed by atoms with Crippen LogP contribution in [-0.2, 0) is 6.42 Å². The van der Waals surface area contributed by atoms with Crippen molar-refractivity contribution in [2.75, 3.05) is 13.7 Å². The smallest absolute Gasteiger partial charge is 0.168 e. The van der Waals surface area contributed by atoms with Gasteiger partial charge >= 0.3 is 0 Å². The largest absolute Gasteiger partial charge is 0.494 e. The fourth-order valence-electron chi connectivity index (χ4n) is 1.48. The maximum Gasteiger partial charge on any atom is 0.168 e. The van der Waals surface area contributed by atoms with Crippen LogP contribution in [0.3, 0.4) is 0 Å². The Kier molecular flexibility index (Phi) is 4.07. The summed E-state index contributed by atoms with van der Waals surface area (Å²) in [6.07, 6.45) is 2.04. The summed E-state index contributed by atoms with van der Waals surface area (Å²) in [6.45, 7) is 5.43. The normalized spacial score (nSPS) is 14.2. The number of methoxy groups -OCH3 is 1. The summed E-state index contributed by atoms with van der Waals surface area (Å²) in [6, 6.07) is 5.00. The minimum absolute atomic E-state index is 0.0624. The topological polar surface area (TPSA) is 29.5 Å². The second kappa shape index (κ2) is 5.12. The molecular weight excluding hydrogens is 207 g/mol. The van der Waals surface area contributed by atoms with E-state index < -0.39 is 5.41 Å². The fourth-order valence-corrected chi connectivity index (χ4v) is 1.48.